The van der Waals surface area contributed by atoms with Gasteiger partial charge in [-0.1, -0.05) is 87.2 Å². The molecule has 4 amide bonds. The molecule has 2 heterocycles. The van der Waals surface area contributed by atoms with Crippen LogP contribution in [0.4, 0.5) is 0 Å². The van der Waals surface area contributed by atoms with Crippen molar-refractivity contribution in [1.29, 1.82) is 0 Å². The molecule has 0 spiro atoms. The number of piperazine rings is 1. The maximum Gasteiger partial charge on any atom is 0.270 e. The van der Waals surface area contributed by atoms with Crippen LogP contribution in [0.15, 0.2) is 66.9 Å². The third kappa shape index (κ3) is 10.2. The Hall–Kier alpha value is -4.51. The fourth-order valence-corrected chi connectivity index (χ4v) is 6.87. The summed E-state index contributed by atoms with van der Waals surface area (Å²) in [5.41, 5.74) is 3.50. The Morgan fingerprint density at radius 1 is 0.816 bits per heavy atom. The summed E-state index contributed by atoms with van der Waals surface area (Å²) >= 11 is 0. The number of hydrogen-bond donors (Lipinski definition) is 3. The van der Waals surface area contributed by atoms with Crippen LogP contribution in [0.25, 0.3) is 0 Å². The van der Waals surface area contributed by atoms with Gasteiger partial charge < -0.3 is 20.9 Å². The van der Waals surface area contributed by atoms with Gasteiger partial charge in [-0.05, 0) is 41.5 Å². The minimum Gasteiger partial charge on any atom is -0.350 e. The molecule has 49 heavy (non-hydrogen) atoms. The third-order valence-corrected chi connectivity index (χ3v) is 9.81. The summed E-state index contributed by atoms with van der Waals surface area (Å²) in [7, 11) is 1.71. The summed E-state index contributed by atoms with van der Waals surface area (Å²) in [6.45, 7) is 5.75. The fraction of sp³-hybridized carbons (Fsp3) is 0.500. The van der Waals surface area contributed by atoms with Gasteiger partial charge in [0.2, 0.25) is 17.7 Å². The highest BCUT2D eigenvalue weighted by Crippen LogP contribution is 2.26. The maximum atomic E-state index is 13.7. The van der Waals surface area contributed by atoms with Gasteiger partial charge in [-0.25, -0.2) is 0 Å². The molecule has 3 N–H and O–H groups in total. The van der Waals surface area contributed by atoms with Crippen LogP contribution in [0.2, 0.25) is 0 Å². The zero-order valence-corrected chi connectivity index (χ0v) is 28.9. The van der Waals surface area contributed by atoms with E-state index in [1.165, 1.54) is 10.2 Å². The van der Waals surface area contributed by atoms with Crippen LogP contribution >= 0.6 is 0 Å². The fourth-order valence-electron chi connectivity index (χ4n) is 6.87. The Labute approximate surface area is 289 Å². The van der Waals surface area contributed by atoms with Crippen molar-refractivity contribution >= 4 is 23.6 Å². The second-order valence-electron chi connectivity index (χ2n) is 13.3. The second kappa shape index (κ2) is 17.8. The highest BCUT2D eigenvalue weighted by Gasteiger charge is 2.32. The zero-order valence-electron chi connectivity index (χ0n) is 28.9. The number of nitrogens with one attached hydrogen (secondary N) is 3. The van der Waals surface area contributed by atoms with E-state index >= 15 is 0 Å². The van der Waals surface area contributed by atoms with Gasteiger partial charge in [-0.2, -0.15) is 5.10 Å². The quantitative estimate of drug-likeness (QED) is 0.239. The molecule has 0 radical (unpaired) electrons. The summed E-state index contributed by atoms with van der Waals surface area (Å²) in [6.07, 6.45) is 8.44. The zero-order chi connectivity index (χ0) is 34.6. The molecule has 262 valence electrons. The molecule has 1 aromatic heterocycles. The van der Waals surface area contributed by atoms with E-state index in [2.05, 4.69) is 38.1 Å². The van der Waals surface area contributed by atoms with E-state index in [9.17, 15) is 19.2 Å². The summed E-state index contributed by atoms with van der Waals surface area (Å²) in [5, 5.41) is 13.1. The minimum absolute atomic E-state index is 0.0600. The number of carbonyl (C=O) groups is 4. The summed E-state index contributed by atoms with van der Waals surface area (Å²) < 4.78 is 1.51. The molecule has 2 aliphatic rings. The van der Waals surface area contributed by atoms with E-state index in [4.69, 9.17) is 0 Å². The van der Waals surface area contributed by atoms with Gasteiger partial charge in [0.05, 0.1) is 0 Å². The van der Waals surface area contributed by atoms with Gasteiger partial charge in [0.25, 0.3) is 5.91 Å². The van der Waals surface area contributed by atoms with E-state index < -0.39 is 12.1 Å². The summed E-state index contributed by atoms with van der Waals surface area (Å²) in [6, 6.07) is 18.5. The number of aryl methyl sites for hydroxylation is 1. The number of nitrogens with zero attached hydrogens (tertiary/aromatic N) is 4. The standard InChI is InChI=1S/C38H51N7O4/c1-3-34(46)41-32(38(49)45-23-21-44(22-24-45)27-30-11-7-6-8-12-30)25-28-15-17-29(18-16-28)26-39-37(48)35(31-13-9-4-5-10-14-31)42-36(47)33-19-20-40-43(33)2/h6-8,11-12,15-20,31-32,35H,3-5,9-10,13-14,21-27H2,1-2H3,(H,39,48)(H,41,46)(H,42,47)/t32-,35+/m1/s1. The van der Waals surface area contributed by atoms with Crippen molar-refractivity contribution < 1.29 is 19.2 Å². The molecule has 1 saturated heterocycles. The van der Waals surface area contributed by atoms with Crippen molar-refractivity contribution in [2.24, 2.45) is 13.0 Å². The molecule has 5 rings (SSSR count). The first-order valence-electron chi connectivity index (χ1n) is 17.8. The van der Waals surface area contributed by atoms with Gasteiger partial charge >= 0.3 is 0 Å². The normalized spacial score (nSPS) is 17.1. The molecular weight excluding hydrogens is 618 g/mol. The topological polar surface area (TPSA) is 129 Å². The lowest BCUT2D eigenvalue weighted by atomic mass is 9.91. The van der Waals surface area contributed by atoms with Crippen LogP contribution < -0.4 is 16.0 Å². The first-order valence-corrected chi connectivity index (χ1v) is 17.8. The second-order valence-corrected chi connectivity index (χ2v) is 13.3. The summed E-state index contributed by atoms with van der Waals surface area (Å²) in [5.74, 6) is -0.638. The molecule has 0 bridgehead atoms. The van der Waals surface area contributed by atoms with Crippen LogP contribution in [0.1, 0.15) is 79.0 Å². The van der Waals surface area contributed by atoms with Crippen molar-refractivity contribution in [3.05, 3.63) is 89.2 Å². The first kappa shape index (κ1) is 35.8. The molecule has 1 aliphatic carbocycles. The van der Waals surface area contributed by atoms with Crippen molar-refractivity contribution in [3.8, 4) is 0 Å². The monoisotopic (exact) mass is 669 g/mol. The van der Waals surface area contributed by atoms with Crippen LogP contribution in [0.5, 0.6) is 0 Å². The highest BCUT2D eigenvalue weighted by molar-refractivity contribution is 5.96. The molecule has 2 fully saturated rings. The number of benzene rings is 2. The maximum absolute atomic E-state index is 13.7. The van der Waals surface area contributed by atoms with Crippen molar-refractivity contribution in [3.63, 3.8) is 0 Å². The third-order valence-electron chi connectivity index (χ3n) is 9.81. The lowest BCUT2D eigenvalue weighted by Crippen LogP contribution is -2.55. The van der Waals surface area contributed by atoms with E-state index in [0.717, 1.165) is 69.3 Å². The Kier molecular flexibility index (Phi) is 13.0. The molecular formula is C38H51N7O4. The molecule has 11 nitrogen and oxygen atoms in total. The van der Waals surface area contributed by atoms with Crippen molar-refractivity contribution in [1.82, 2.24) is 35.5 Å². The number of hydrogen-bond acceptors (Lipinski definition) is 6. The van der Waals surface area contributed by atoms with Gasteiger partial charge in [0, 0.05) is 65.4 Å². The Morgan fingerprint density at radius 2 is 1.49 bits per heavy atom. The van der Waals surface area contributed by atoms with Crippen LogP contribution in [0, 0.1) is 5.92 Å². The molecule has 0 unspecified atom stereocenters. The van der Waals surface area contributed by atoms with E-state index in [0.29, 0.717) is 38.2 Å². The lowest BCUT2D eigenvalue weighted by molar-refractivity contribution is -0.138. The average Bonchev–Trinajstić information content (AvgIpc) is 3.38. The Morgan fingerprint density at radius 3 is 2.12 bits per heavy atom. The SMILES string of the molecule is CCC(=O)N[C@H](Cc1ccc(CNC(=O)[C@@H](NC(=O)c2ccnn2C)C2CCCCCC2)cc1)C(=O)N1CCN(Cc2ccccc2)CC1. The minimum atomic E-state index is -0.651. The molecule has 11 heteroatoms. The molecule has 3 aromatic rings. The van der Waals surface area contributed by atoms with Crippen LogP contribution in [-0.2, 0) is 40.9 Å². The van der Waals surface area contributed by atoms with Gasteiger partial charge in [0.15, 0.2) is 0 Å². The van der Waals surface area contributed by atoms with E-state index in [1.807, 2.05) is 47.4 Å². The summed E-state index contributed by atoms with van der Waals surface area (Å²) in [4.78, 5) is 57.0. The van der Waals surface area contributed by atoms with E-state index in [1.54, 1.807) is 26.2 Å². The van der Waals surface area contributed by atoms with Crippen LogP contribution in [0.3, 0.4) is 0 Å². The molecule has 1 saturated carbocycles. The number of aromatic nitrogens is 2. The predicted octanol–water partition coefficient (Wildman–Crippen LogP) is 3.59. The van der Waals surface area contributed by atoms with E-state index in [-0.39, 0.29) is 29.5 Å². The Balaban J connectivity index is 1.17. The van der Waals surface area contributed by atoms with Gasteiger partial charge in [0.1, 0.15) is 17.8 Å². The lowest BCUT2D eigenvalue weighted by Gasteiger charge is -2.36. The molecule has 2 aromatic carbocycles. The smallest absolute Gasteiger partial charge is 0.270 e. The Bertz CT molecular complexity index is 1520. The molecule has 1 aliphatic heterocycles. The highest BCUT2D eigenvalue weighted by atomic mass is 16.2. The first-order chi connectivity index (χ1) is 23.8. The average molecular weight is 670 g/mol. The van der Waals surface area contributed by atoms with Crippen LogP contribution in [-0.4, -0.2) is 81.5 Å². The van der Waals surface area contributed by atoms with Gasteiger partial charge in [-0.3, -0.25) is 28.8 Å². The molecule has 2 atom stereocenters. The van der Waals surface area contributed by atoms with Crippen molar-refractivity contribution in [2.75, 3.05) is 26.2 Å². The number of amides is 4. The number of carbonyl (C=O) groups excluding carboxylic acids is 4. The largest absolute Gasteiger partial charge is 0.350 e. The van der Waals surface area contributed by atoms with Crippen molar-refractivity contribution in [2.45, 2.75) is 83.5 Å². The van der Waals surface area contributed by atoms with Gasteiger partial charge in [-0.15, -0.1) is 0 Å². The predicted molar refractivity (Wildman–Crippen MR) is 188 cm³/mol. The number of rotatable bonds is 13.